The van der Waals surface area contributed by atoms with Crippen molar-refractivity contribution in [1.29, 1.82) is 0 Å². The largest absolute Gasteiger partial charge is 0.508 e. The second-order valence-corrected chi connectivity index (χ2v) is 4.78. The molecule has 0 aromatic heterocycles. The summed E-state index contributed by atoms with van der Waals surface area (Å²) in [5.41, 5.74) is 0.697. The van der Waals surface area contributed by atoms with E-state index in [0.29, 0.717) is 5.57 Å². The topological polar surface area (TPSA) is 83.8 Å². The smallest absolute Gasteiger partial charge is 0.303 e. The molecule has 1 atom stereocenters. The predicted octanol–water partition coefficient (Wildman–Crippen LogP) is 1.01. The first-order valence-electron chi connectivity index (χ1n) is 3.92. The maximum Gasteiger partial charge on any atom is 0.303 e. The van der Waals surface area contributed by atoms with Gasteiger partial charge in [-0.25, -0.2) is 0 Å². The molecule has 0 bridgehead atoms. The summed E-state index contributed by atoms with van der Waals surface area (Å²) in [4.78, 5) is -2.04. The quantitative estimate of drug-likeness (QED) is 0.678. The number of aliphatic hydroxyl groups excluding tert-OH is 1. The summed E-state index contributed by atoms with van der Waals surface area (Å²) in [5.74, 6) is -0.506. The number of ether oxygens (including phenoxy) is 1. The molecule has 0 amide bonds. The minimum atomic E-state index is -4.50. The Bertz CT molecular complexity index is 392. The van der Waals surface area contributed by atoms with Crippen LogP contribution in [0, 0.1) is 0 Å². The Morgan fingerprint density at radius 2 is 2.07 bits per heavy atom. The molecule has 80 valence electrons. The fourth-order valence-corrected chi connectivity index (χ4v) is 2.32. The Hall–Kier alpha value is -0.850. The Kier molecular flexibility index (Phi) is 2.71. The first-order chi connectivity index (χ1) is 6.33. The van der Waals surface area contributed by atoms with Gasteiger partial charge in [-0.1, -0.05) is 11.6 Å². The summed E-state index contributed by atoms with van der Waals surface area (Å²) < 4.78 is 35.9. The van der Waals surface area contributed by atoms with Crippen LogP contribution in [0.4, 0.5) is 0 Å². The summed E-state index contributed by atoms with van der Waals surface area (Å²) in [6.07, 6.45) is 2.69. The summed E-state index contributed by atoms with van der Waals surface area (Å²) in [7, 11) is -3.38. The molecule has 0 aliphatic heterocycles. The minimum absolute atomic E-state index is 0.0787. The van der Waals surface area contributed by atoms with Gasteiger partial charge in [-0.05, 0) is 13.0 Å². The van der Waals surface area contributed by atoms with Gasteiger partial charge < -0.3 is 9.84 Å². The Morgan fingerprint density at radius 3 is 2.43 bits per heavy atom. The molecule has 1 rings (SSSR count). The fraction of sp³-hybridized carbons (Fsp3) is 0.500. The highest BCUT2D eigenvalue weighted by molar-refractivity contribution is 7.87. The zero-order valence-electron chi connectivity index (χ0n) is 7.89. The molecule has 0 saturated carbocycles. The fourth-order valence-electron chi connectivity index (χ4n) is 1.37. The van der Waals surface area contributed by atoms with Gasteiger partial charge in [0.15, 0.2) is 0 Å². The highest BCUT2D eigenvalue weighted by Crippen LogP contribution is 2.35. The van der Waals surface area contributed by atoms with Crippen molar-refractivity contribution in [2.45, 2.75) is 18.3 Å². The van der Waals surface area contributed by atoms with Crippen molar-refractivity contribution in [3.8, 4) is 0 Å². The van der Waals surface area contributed by atoms with Crippen LogP contribution in [-0.4, -0.2) is 30.1 Å². The van der Waals surface area contributed by atoms with E-state index in [-0.39, 0.29) is 6.42 Å². The number of aliphatic hydroxyl groups is 1. The van der Waals surface area contributed by atoms with Gasteiger partial charge in [0.2, 0.25) is 0 Å². The van der Waals surface area contributed by atoms with E-state index >= 15 is 0 Å². The van der Waals surface area contributed by atoms with Crippen molar-refractivity contribution in [2.24, 2.45) is 0 Å². The maximum absolute atomic E-state index is 11.1. The van der Waals surface area contributed by atoms with Crippen molar-refractivity contribution in [1.82, 2.24) is 0 Å². The molecule has 1 aliphatic rings. The summed E-state index contributed by atoms with van der Waals surface area (Å²) in [5, 5.41) is 9.43. The molecular weight excluding hydrogens is 208 g/mol. The van der Waals surface area contributed by atoms with Crippen LogP contribution in [0.1, 0.15) is 13.3 Å². The van der Waals surface area contributed by atoms with Crippen LogP contribution in [0.5, 0.6) is 0 Å². The normalized spacial score (nSPS) is 28.2. The monoisotopic (exact) mass is 220 g/mol. The van der Waals surface area contributed by atoms with Gasteiger partial charge in [0.25, 0.3) is 4.93 Å². The second-order valence-electron chi connectivity index (χ2n) is 3.17. The van der Waals surface area contributed by atoms with Gasteiger partial charge >= 0.3 is 10.1 Å². The van der Waals surface area contributed by atoms with Crippen LogP contribution < -0.4 is 0 Å². The molecule has 0 aromatic rings. The Morgan fingerprint density at radius 1 is 1.50 bits per heavy atom. The number of hydrogen-bond acceptors (Lipinski definition) is 4. The van der Waals surface area contributed by atoms with E-state index in [1.54, 1.807) is 13.0 Å². The molecular formula is C8H12O5S. The molecule has 14 heavy (non-hydrogen) atoms. The lowest BCUT2D eigenvalue weighted by Crippen LogP contribution is -2.43. The van der Waals surface area contributed by atoms with Gasteiger partial charge in [-0.3, -0.25) is 4.55 Å². The summed E-state index contributed by atoms with van der Waals surface area (Å²) >= 11 is 0. The Balaban J connectivity index is 3.30. The third-order valence-electron chi connectivity index (χ3n) is 2.17. The van der Waals surface area contributed by atoms with E-state index in [4.69, 9.17) is 9.29 Å². The third-order valence-corrected chi connectivity index (χ3v) is 3.53. The number of allylic oxidation sites excluding steroid dienone is 2. The molecule has 0 saturated heterocycles. The zero-order valence-corrected chi connectivity index (χ0v) is 8.71. The second kappa shape index (κ2) is 3.38. The lowest BCUT2D eigenvalue weighted by atomic mass is 10.0. The SMILES string of the molecule is COC1(S(=O)(=O)O)CC(C)=CC=C1O. The summed E-state index contributed by atoms with van der Waals surface area (Å²) in [6.45, 7) is 1.68. The molecule has 0 heterocycles. The number of methoxy groups -OCH3 is 1. The molecule has 0 aromatic carbocycles. The van der Waals surface area contributed by atoms with Crippen LogP contribution in [-0.2, 0) is 14.9 Å². The van der Waals surface area contributed by atoms with Crippen LogP contribution in [0.25, 0.3) is 0 Å². The lowest BCUT2D eigenvalue weighted by Gasteiger charge is -2.30. The minimum Gasteiger partial charge on any atom is -0.508 e. The van der Waals surface area contributed by atoms with E-state index < -0.39 is 20.8 Å². The summed E-state index contributed by atoms with van der Waals surface area (Å²) in [6, 6.07) is 0. The molecule has 0 fully saturated rings. The average molecular weight is 220 g/mol. The van der Waals surface area contributed by atoms with Crippen LogP contribution in [0.15, 0.2) is 23.5 Å². The van der Waals surface area contributed by atoms with Crippen LogP contribution >= 0.6 is 0 Å². The standard InChI is InChI=1S/C8H12O5S/c1-6-3-4-7(9)8(5-6,13-2)14(10,11)12/h3-4,9H,5H2,1-2H3,(H,10,11,12). The van der Waals surface area contributed by atoms with E-state index in [2.05, 4.69) is 0 Å². The molecule has 2 N–H and O–H groups in total. The lowest BCUT2D eigenvalue weighted by molar-refractivity contribution is 0.0473. The molecule has 0 spiro atoms. The van der Waals surface area contributed by atoms with E-state index in [1.807, 2.05) is 0 Å². The number of rotatable bonds is 2. The van der Waals surface area contributed by atoms with Crippen molar-refractivity contribution in [2.75, 3.05) is 7.11 Å². The van der Waals surface area contributed by atoms with Gasteiger partial charge in [-0.2, -0.15) is 8.42 Å². The molecule has 5 nitrogen and oxygen atoms in total. The Labute approximate surface area is 82.4 Å². The van der Waals surface area contributed by atoms with Crippen LogP contribution in [0.3, 0.4) is 0 Å². The van der Waals surface area contributed by atoms with Gasteiger partial charge in [0.05, 0.1) is 0 Å². The third kappa shape index (κ3) is 1.56. The van der Waals surface area contributed by atoms with E-state index in [9.17, 15) is 13.5 Å². The highest BCUT2D eigenvalue weighted by Gasteiger charge is 2.48. The van der Waals surface area contributed by atoms with Crippen molar-refractivity contribution < 1.29 is 22.8 Å². The molecule has 1 unspecified atom stereocenters. The van der Waals surface area contributed by atoms with Gasteiger partial charge in [-0.15, -0.1) is 0 Å². The molecule has 0 radical (unpaired) electrons. The van der Waals surface area contributed by atoms with Gasteiger partial charge in [0, 0.05) is 13.5 Å². The highest BCUT2D eigenvalue weighted by atomic mass is 32.2. The molecule has 1 aliphatic carbocycles. The van der Waals surface area contributed by atoms with Gasteiger partial charge in [0.1, 0.15) is 5.76 Å². The maximum atomic E-state index is 11.1. The van der Waals surface area contributed by atoms with Crippen molar-refractivity contribution in [3.63, 3.8) is 0 Å². The first-order valence-corrected chi connectivity index (χ1v) is 5.36. The number of hydrogen-bond donors (Lipinski definition) is 2. The van der Waals surface area contributed by atoms with Crippen LogP contribution in [0.2, 0.25) is 0 Å². The average Bonchev–Trinajstić information content (AvgIpc) is 2.07. The van der Waals surface area contributed by atoms with Crippen molar-refractivity contribution >= 4 is 10.1 Å². The van der Waals surface area contributed by atoms with E-state index in [1.165, 1.54) is 6.08 Å². The van der Waals surface area contributed by atoms with Crippen molar-refractivity contribution in [3.05, 3.63) is 23.5 Å². The zero-order chi connectivity index (χ0) is 11.0. The van der Waals surface area contributed by atoms with E-state index in [0.717, 1.165) is 7.11 Å². The predicted molar refractivity (Wildman–Crippen MR) is 50.4 cm³/mol. The molecule has 6 heteroatoms. The first kappa shape index (κ1) is 11.2.